The second-order valence-electron chi connectivity index (χ2n) is 5.86. The van der Waals surface area contributed by atoms with Crippen molar-refractivity contribution in [1.82, 2.24) is 9.47 Å². The fraction of sp³-hybridized carbons (Fsp3) is 0.571. The molecule has 2 rings (SSSR count). The molecular weight excluding hydrogens is 274 g/mol. The predicted molar refractivity (Wildman–Crippen MR) is 76.9 cm³/mol. The number of hydrogen-bond donors (Lipinski definition) is 0. The minimum absolute atomic E-state index is 0.153. The number of nitrogens with zero attached hydrogens (tertiary/aromatic N) is 3. The zero-order valence-electron chi connectivity index (χ0n) is 12.2. The van der Waals surface area contributed by atoms with Gasteiger partial charge in [-0.2, -0.15) is 0 Å². The Morgan fingerprint density at radius 1 is 1.33 bits per heavy atom. The van der Waals surface area contributed by atoms with Crippen LogP contribution in [0.4, 0.5) is 5.69 Å². The molecule has 1 aromatic heterocycles. The minimum atomic E-state index is -0.578. The third kappa shape index (κ3) is 3.68. The molecule has 0 bridgehead atoms. The van der Waals surface area contributed by atoms with Crippen LogP contribution in [0.2, 0.25) is 0 Å². The Bertz CT molecular complexity index is 600. The Labute approximate surface area is 122 Å². The van der Waals surface area contributed by atoms with Gasteiger partial charge in [0.05, 0.1) is 11.1 Å². The Morgan fingerprint density at radius 2 is 1.95 bits per heavy atom. The van der Waals surface area contributed by atoms with Crippen molar-refractivity contribution in [1.29, 1.82) is 0 Å². The Hall–Kier alpha value is -2.18. The number of aromatic nitrogens is 1. The van der Waals surface area contributed by atoms with Crippen molar-refractivity contribution in [2.45, 2.75) is 26.8 Å². The van der Waals surface area contributed by atoms with E-state index in [1.54, 1.807) is 4.90 Å². The quantitative estimate of drug-likeness (QED) is 0.620. The van der Waals surface area contributed by atoms with Gasteiger partial charge in [0.2, 0.25) is 5.91 Å². The van der Waals surface area contributed by atoms with E-state index >= 15 is 0 Å². The number of amides is 1. The van der Waals surface area contributed by atoms with Crippen LogP contribution in [-0.4, -0.2) is 33.4 Å². The van der Waals surface area contributed by atoms with Gasteiger partial charge in [-0.3, -0.25) is 24.3 Å². The van der Waals surface area contributed by atoms with Crippen molar-refractivity contribution in [3.63, 3.8) is 0 Å². The smallest absolute Gasteiger partial charge is 0.285 e. The molecule has 0 aliphatic carbocycles. The molecule has 0 saturated carbocycles. The molecule has 0 unspecified atom stereocenters. The van der Waals surface area contributed by atoms with Crippen LogP contribution in [0, 0.1) is 22.0 Å². The van der Waals surface area contributed by atoms with Crippen molar-refractivity contribution in [2.75, 3.05) is 13.1 Å². The molecule has 1 aromatic rings. The van der Waals surface area contributed by atoms with Crippen LogP contribution < -0.4 is 5.56 Å². The molecule has 7 nitrogen and oxygen atoms in total. The highest BCUT2D eigenvalue weighted by Crippen LogP contribution is 2.21. The molecule has 1 amide bonds. The normalized spacial score (nSPS) is 22.1. The second-order valence-corrected chi connectivity index (χ2v) is 5.86. The van der Waals surface area contributed by atoms with Crippen LogP contribution in [0.15, 0.2) is 23.1 Å². The Kier molecular flexibility index (Phi) is 4.40. The SMILES string of the molecule is C[C@@H]1C[C@@H](C)CN(C(=O)Cn2cc([N+](=O)[O-])ccc2=O)C1. The van der Waals surface area contributed by atoms with E-state index in [1.165, 1.54) is 0 Å². The van der Waals surface area contributed by atoms with Crippen molar-refractivity contribution in [3.05, 3.63) is 38.8 Å². The van der Waals surface area contributed by atoms with Gasteiger partial charge in [0.15, 0.2) is 0 Å². The molecule has 0 aromatic carbocycles. The first-order chi connectivity index (χ1) is 9.86. The van der Waals surface area contributed by atoms with Crippen LogP contribution in [0.5, 0.6) is 0 Å². The van der Waals surface area contributed by atoms with E-state index < -0.39 is 10.5 Å². The number of hydrogen-bond acceptors (Lipinski definition) is 4. The molecule has 0 N–H and O–H groups in total. The van der Waals surface area contributed by atoms with Gasteiger partial charge in [-0.1, -0.05) is 13.8 Å². The van der Waals surface area contributed by atoms with E-state index in [0.29, 0.717) is 24.9 Å². The van der Waals surface area contributed by atoms with Crippen LogP contribution in [0.3, 0.4) is 0 Å². The molecule has 1 fully saturated rings. The van der Waals surface area contributed by atoms with E-state index in [0.717, 1.165) is 29.3 Å². The van der Waals surface area contributed by atoms with Crippen LogP contribution in [0.1, 0.15) is 20.3 Å². The largest absolute Gasteiger partial charge is 0.341 e. The zero-order chi connectivity index (χ0) is 15.6. The highest BCUT2D eigenvalue weighted by molar-refractivity contribution is 5.76. The number of likely N-dealkylation sites (tertiary alicyclic amines) is 1. The summed E-state index contributed by atoms with van der Waals surface area (Å²) in [5, 5.41) is 10.7. The zero-order valence-corrected chi connectivity index (χ0v) is 12.2. The van der Waals surface area contributed by atoms with Crippen molar-refractivity contribution >= 4 is 11.6 Å². The second kappa shape index (κ2) is 6.07. The van der Waals surface area contributed by atoms with Crippen LogP contribution in [-0.2, 0) is 11.3 Å². The Balaban J connectivity index is 2.14. The van der Waals surface area contributed by atoms with Gasteiger partial charge in [0.25, 0.3) is 11.2 Å². The lowest BCUT2D eigenvalue weighted by Gasteiger charge is -2.35. The lowest BCUT2D eigenvalue weighted by molar-refractivity contribution is -0.385. The molecule has 2 atom stereocenters. The van der Waals surface area contributed by atoms with E-state index in [9.17, 15) is 19.7 Å². The summed E-state index contributed by atoms with van der Waals surface area (Å²) < 4.78 is 1.10. The average Bonchev–Trinajstić information content (AvgIpc) is 2.39. The summed E-state index contributed by atoms with van der Waals surface area (Å²) in [4.78, 5) is 35.9. The van der Waals surface area contributed by atoms with Crippen molar-refractivity contribution < 1.29 is 9.72 Å². The van der Waals surface area contributed by atoms with Crippen molar-refractivity contribution in [3.8, 4) is 0 Å². The Morgan fingerprint density at radius 3 is 2.52 bits per heavy atom. The van der Waals surface area contributed by atoms with E-state index in [4.69, 9.17) is 0 Å². The molecule has 1 aliphatic rings. The van der Waals surface area contributed by atoms with Gasteiger partial charge in [-0.15, -0.1) is 0 Å². The predicted octanol–water partition coefficient (Wildman–Crippen LogP) is 1.26. The molecule has 0 spiro atoms. The maximum absolute atomic E-state index is 12.3. The maximum atomic E-state index is 12.3. The van der Waals surface area contributed by atoms with Crippen LogP contribution >= 0.6 is 0 Å². The lowest BCUT2D eigenvalue weighted by atomic mass is 9.92. The molecule has 1 saturated heterocycles. The molecule has 7 heteroatoms. The third-order valence-electron chi connectivity index (χ3n) is 3.71. The van der Waals surface area contributed by atoms with E-state index in [-0.39, 0.29) is 18.1 Å². The standard InChI is InChI=1S/C14H19N3O4/c1-10-5-11(2)7-15(6-10)14(19)9-16-8-12(17(20)21)3-4-13(16)18/h3-4,8,10-11H,5-7,9H2,1-2H3/t10-,11-/m1/s1. The fourth-order valence-electron chi connectivity index (χ4n) is 2.86. The van der Waals surface area contributed by atoms with E-state index in [1.807, 2.05) is 0 Å². The summed E-state index contributed by atoms with van der Waals surface area (Å²) in [6, 6.07) is 2.27. The molecular formula is C14H19N3O4. The molecule has 0 radical (unpaired) electrons. The number of rotatable bonds is 3. The first kappa shape index (κ1) is 15.2. The molecule has 2 heterocycles. The highest BCUT2D eigenvalue weighted by atomic mass is 16.6. The topological polar surface area (TPSA) is 85.4 Å². The molecule has 114 valence electrons. The highest BCUT2D eigenvalue weighted by Gasteiger charge is 2.25. The molecule has 21 heavy (non-hydrogen) atoms. The summed E-state index contributed by atoms with van der Waals surface area (Å²) in [5.74, 6) is 0.690. The van der Waals surface area contributed by atoms with Crippen LogP contribution in [0.25, 0.3) is 0 Å². The monoisotopic (exact) mass is 293 g/mol. The molecule has 1 aliphatic heterocycles. The summed E-state index contributed by atoms with van der Waals surface area (Å²) in [6.45, 7) is 5.38. The minimum Gasteiger partial charge on any atom is -0.341 e. The van der Waals surface area contributed by atoms with Gasteiger partial charge < -0.3 is 4.90 Å². The van der Waals surface area contributed by atoms with Gasteiger partial charge in [0.1, 0.15) is 6.54 Å². The van der Waals surface area contributed by atoms with Gasteiger partial charge in [-0.05, 0) is 18.3 Å². The number of carbonyl (C=O) groups excluding carboxylic acids is 1. The summed E-state index contributed by atoms with van der Waals surface area (Å²) in [5.41, 5.74) is -0.602. The number of piperidine rings is 1. The van der Waals surface area contributed by atoms with E-state index in [2.05, 4.69) is 13.8 Å². The number of pyridine rings is 1. The third-order valence-corrected chi connectivity index (χ3v) is 3.71. The maximum Gasteiger partial charge on any atom is 0.285 e. The van der Waals surface area contributed by atoms with Gasteiger partial charge >= 0.3 is 0 Å². The summed E-state index contributed by atoms with van der Waals surface area (Å²) in [7, 11) is 0. The first-order valence-electron chi connectivity index (χ1n) is 6.99. The average molecular weight is 293 g/mol. The summed E-state index contributed by atoms with van der Waals surface area (Å²) >= 11 is 0. The summed E-state index contributed by atoms with van der Waals surface area (Å²) in [6.07, 6.45) is 2.21. The lowest BCUT2D eigenvalue weighted by Crippen LogP contribution is -2.44. The first-order valence-corrected chi connectivity index (χ1v) is 6.99. The fourth-order valence-corrected chi connectivity index (χ4v) is 2.86. The number of nitro groups is 1. The van der Waals surface area contributed by atoms with Crippen molar-refractivity contribution in [2.24, 2.45) is 11.8 Å². The number of carbonyl (C=O) groups is 1. The van der Waals surface area contributed by atoms with Gasteiger partial charge in [0, 0.05) is 25.2 Å². The van der Waals surface area contributed by atoms with Gasteiger partial charge in [-0.25, -0.2) is 0 Å².